The van der Waals surface area contributed by atoms with Gasteiger partial charge in [0.2, 0.25) is 15.9 Å². The highest BCUT2D eigenvalue weighted by Crippen LogP contribution is 2.19. The van der Waals surface area contributed by atoms with Gasteiger partial charge in [0.05, 0.1) is 18.0 Å². The SMILES string of the molecule is O=C(CNS(=O)(=O)CCc1ccccc1)Nc1ccc(F)c(F)c1F. The lowest BCUT2D eigenvalue weighted by Crippen LogP contribution is -2.35. The molecule has 0 bridgehead atoms. The Balaban J connectivity index is 1.87. The van der Waals surface area contributed by atoms with Crippen molar-refractivity contribution >= 4 is 21.6 Å². The van der Waals surface area contributed by atoms with Gasteiger partial charge in [-0.2, -0.15) is 0 Å². The molecular weight excluding hydrogens is 357 g/mol. The van der Waals surface area contributed by atoms with Crippen LogP contribution in [-0.4, -0.2) is 26.6 Å². The molecular formula is C16H15F3N2O3S. The Bertz CT molecular complexity index is 858. The predicted octanol–water partition coefficient (Wildman–Crippen LogP) is 2.20. The van der Waals surface area contributed by atoms with Crippen LogP contribution in [0.15, 0.2) is 42.5 Å². The van der Waals surface area contributed by atoms with Crippen LogP contribution in [0.2, 0.25) is 0 Å². The van der Waals surface area contributed by atoms with E-state index in [-0.39, 0.29) is 12.2 Å². The van der Waals surface area contributed by atoms with Crippen LogP contribution in [-0.2, 0) is 21.2 Å². The third kappa shape index (κ3) is 5.57. The molecule has 0 unspecified atom stereocenters. The van der Waals surface area contributed by atoms with Crippen molar-refractivity contribution in [2.24, 2.45) is 0 Å². The number of benzene rings is 2. The molecule has 2 rings (SSSR count). The monoisotopic (exact) mass is 372 g/mol. The van der Waals surface area contributed by atoms with E-state index < -0.39 is 45.6 Å². The van der Waals surface area contributed by atoms with E-state index in [9.17, 15) is 26.4 Å². The molecule has 0 saturated heterocycles. The van der Waals surface area contributed by atoms with Gasteiger partial charge in [-0.3, -0.25) is 4.79 Å². The molecule has 134 valence electrons. The van der Waals surface area contributed by atoms with Crippen LogP contribution < -0.4 is 10.0 Å². The number of anilines is 1. The van der Waals surface area contributed by atoms with Crippen molar-refractivity contribution in [2.45, 2.75) is 6.42 Å². The molecule has 25 heavy (non-hydrogen) atoms. The number of rotatable bonds is 7. The molecule has 5 nitrogen and oxygen atoms in total. The lowest BCUT2D eigenvalue weighted by molar-refractivity contribution is -0.115. The Morgan fingerprint density at radius 2 is 1.64 bits per heavy atom. The Morgan fingerprint density at radius 3 is 2.32 bits per heavy atom. The van der Waals surface area contributed by atoms with E-state index >= 15 is 0 Å². The quantitative estimate of drug-likeness (QED) is 0.732. The van der Waals surface area contributed by atoms with Gasteiger partial charge in [-0.25, -0.2) is 26.3 Å². The van der Waals surface area contributed by atoms with E-state index in [4.69, 9.17) is 0 Å². The maximum atomic E-state index is 13.4. The predicted molar refractivity (Wildman–Crippen MR) is 86.9 cm³/mol. The number of carbonyl (C=O) groups excluding carboxylic acids is 1. The lowest BCUT2D eigenvalue weighted by Gasteiger charge is -2.09. The lowest BCUT2D eigenvalue weighted by atomic mass is 10.2. The molecule has 2 aromatic rings. The highest BCUT2D eigenvalue weighted by molar-refractivity contribution is 7.89. The smallest absolute Gasteiger partial charge is 0.239 e. The van der Waals surface area contributed by atoms with Crippen LogP contribution >= 0.6 is 0 Å². The van der Waals surface area contributed by atoms with Gasteiger partial charge < -0.3 is 5.32 Å². The first kappa shape index (κ1) is 18.9. The van der Waals surface area contributed by atoms with Crippen LogP contribution in [0.3, 0.4) is 0 Å². The third-order valence-corrected chi connectivity index (χ3v) is 4.59. The summed E-state index contributed by atoms with van der Waals surface area (Å²) in [4.78, 5) is 11.7. The minimum absolute atomic E-state index is 0.232. The number of carbonyl (C=O) groups is 1. The number of nitrogens with one attached hydrogen (secondary N) is 2. The number of aryl methyl sites for hydroxylation is 1. The molecule has 0 aliphatic heterocycles. The van der Waals surface area contributed by atoms with E-state index in [1.54, 1.807) is 30.3 Å². The first-order valence-electron chi connectivity index (χ1n) is 7.23. The fourth-order valence-corrected chi connectivity index (χ4v) is 2.96. The van der Waals surface area contributed by atoms with Crippen molar-refractivity contribution in [3.63, 3.8) is 0 Å². The van der Waals surface area contributed by atoms with Gasteiger partial charge in [0.25, 0.3) is 0 Å². The summed E-state index contributed by atoms with van der Waals surface area (Å²) in [5.74, 6) is -5.81. The molecule has 2 N–H and O–H groups in total. The zero-order valence-corrected chi connectivity index (χ0v) is 13.7. The van der Waals surface area contributed by atoms with Gasteiger partial charge in [-0.05, 0) is 24.1 Å². The fraction of sp³-hybridized carbons (Fsp3) is 0.188. The van der Waals surface area contributed by atoms with E-state index in [0.29, 0.717) is 6.07 Å². The van der Waals surface area contributed by atoms with Crippen molar-refractivity contribution in [3.05, 3.63) is 65.5 Å². The highest BCUT2D eigenvalue weighted by atomic mass is 32.2. The Labute approximate surface area is 142 Å². The number of hydrogen-bond acceptors (Lipinski definition) is 3. The summed E-state index contributed by atoms with van der Waals surface area (Å²) < 4.78 is 65.1. The van der Waals surface area contributed by atoms with Crippen LogP contribution in [0, 0.1) is 17.5 Å². The second-order valence-electron chi connectivity index (χ2n) is 5.15. The highest BCUT2D eigenvalue weighted by Gasteiger charge is 2.17. The van der Waals surface area contributed by atoms with Crippen LogP contribution in [0.1, 0.15) is 5.56 Å². The molecule has 0 aromatic heterocycles. The summed E-state index contributed by atoms with van der Waals surface area (Å²) in [6, 6.07) is 10.4. The summed E-state index contributed by atoms with van der Waals surface area (Å²) in [5, 5.41) is 1.98. The van der Waals surface area contributed by atoms with Gasteiger partial charge in [0.1, 0.15) is 0 Å². The summed E-state index contributed by atoms with van der Waals surface area (Å²) >= 11 is 0. The average molecular weight is 372 g/mol. The Kier molecular flexibility index (Phi) is 6.16. The third-order valence-electron chi connectivity index (χ3n) is 3.26. The standard InChI is InChI=1S/C16H15F3N2O3S/c17-12-6-7-13(16(19)15(12)18)21-14(22)10-20-25(23,24)9-8-11-4-2-1-3-5-11/h1-7,20H,8-10H2,(H,21,22). The van der Waals surface area contributed by atoms with Gasteiger partial charge in [0, 0.05) is 0 Å². The number of amides is 1. The van der Waals surface area contributed by atoms with Crippen molar-refractivity contribution in [2.75, 3.05) is 17.6 Å². The maximum Gasteiger partial charge on any atom is 0.239 e. The Hall–Kier alpha value is -2.39. The van der Waals surface area contributed by atoms with Crippen LogP contribution in [0.25, 0.3) is 0 Å². The topological polar surface area (TPSA) is 75.3 Å². The second-order valence-corrected chi connectivity index (χ2v) is 7.07. The first-order chi connectivity index (χ1) is 11.8. The molecule has 0 atom stereocenters. The minimum Gasteiger partial charge on any atom is -0.322 e. The Morgan fingerprint density at radius 1 is 0.960 bits per heavy atom. The molecule has 0 heterocycles. The molecule has 0 radical (unpaired) electrons. The van der Waals surface area contributed by atoms with E-state index in [1.807, 2.05) is 5.32 Å². The van der Waals surface area contributed by atoms with Crippen molar-refractivity contribution in [1.82, 2.24) is 4.72 Å². The van der Waals surface area contributed by atoms with Gasteiger partial charge in [-0.1, -0.05) is 30.3 Å². The van der Waals surface area contributed by atoms with Gasteiger partial charge in [0.15, 0.2) is 17.5 Å². The molecule has 2 aromatic carbocycles. The molecule has 9 heteroatoms. The zero-order valence-electron chi connectivity index (χ0n) is 12.9. The molecule has 1 amide bonds. The number of halogens is 3. The molecule has 0 fully saturated rings. The normalized spacial score (nSPS) is 11.3. The van der Waals surface area contributed by atoms with E-state index in [1.165, 1.54) is 0 Å². The molecule has 0 aliphatic carbocycles. The van der Waals surface area contributed by atoms with Gasteiger partial charge in [-0.15, -0.1) is 0 Å². The minimum atomic E-state index is -3.73. The molecule has 0 saturated carbocycles. The molecule has 0 spiro atoms. The van der Waals surface area contributed by atoms with Crippen LogP contribution in [0.5, 0.6) is 0 Å². The van der Waals surface area contributed by atoms with Crippen molar-refractivity contribution < 1.29 is 26.4 Å². The average Bonchev–Trinajstić information content (AvgIpc) is 2.60. The van der Waals surface area contributed by atoms with E-state index in [2.05, 4.69) is 4.72 Å². The van der Waals surface area contributed by atoms with Crippen molar-refractivity contribution in [1.29, 1.82) is 0 Å². The summed E-state index contributed by atoms with van der Waals surface area (Å²) in [5.41, 5.74) is 0.244. The van der Waals surface area contributed by atoms with E-state index in [0.717, 1.165) is 11.6 Å². The fourth-order valence-electron chi connectivity index (χ4n) is 1.96. The number of sulfonamides is 1. The number of hydrogen-bond donors (Lipinski definition) is 2. The zero-order chi connectivity index (χ0) is 18.4. The summed E-state index contributed by atoms with van der Waals surface area (Å²) in [7, 11) is -3.73. The second kappa shape index (κ2) is 8.13. The van der Waals surface area contributed by atoms with Gasteiger partial charge >= 0.3 is 0 Å². The van der Waals surface area contributed by atoms with Crippen molar-refractivity contribution in [3.8, 4) is 0 Å². The summed E-state index contributed by atoms with van der Waals surface area (Å²) in [6.07, 6.45) is 0.260. The first-order valence-corrected chi connectivity index (χ1v) is 8.88. The maximum absolute atomic E-state index is 13.4. The largest absolute Gasteiger partial charge is 0.322 e. The summed E-state index contributed by atoms with van der Waals surface area (Å²) in [6.45, 7) is -0.657. The molecule has 0 aliphatic rings. The van der Waals surface area contributed by atoms with Crippen LogP contribution in [0.4, 0.5) is 18.9 Å².